The second kappa shape index (κ2) is 5.86. The van der Waals surface area contributed by atoms with Gasteiger partial charge in [-0.1, -0.05) is 5.16 Å². The lowest BCUT2D eigenvalue weighted by Gasteiger charge is -2.14. The number of hydrogen-bond donors (Lipinski definition) is 2. The molecule has 16 heavy (non-hydrogen) atoms. The SMILES string of the molecule is COCC(C)Oc1nnccc1/C(N)=N/O. The summed E-state index contributed by atoms with van der Waals surface area (Å²) in [6.07, 6.45) is 1.23. The summed E-state index contributed by atoms with van der Waals surface area (Å²) in [6, 6.07) is 1.55. The van der Waals surface area contributed by atoms with Gasteiger partial charge in [-0.05, 0) is 13.0 Å². The molecule has 0 saturated heterocycles. The van der Waals surface area contributed by atoms with Crippen molar-refractivity contribution in [3.8, 4) is 5.88 Å². The molecule has 0 amide bonds. The van der Waals surface area contributed by atoms with Crippen LogP contribution in [0, 0.1) is 0 Å². The number of hydrogen-bond acceptors (Lipinski definition) is 6. The van der Waals surface area contributed by atoms with Gasteiger partial charge in [0.25, 0.3) is 0 Å². The van der Waals surface area contributed by atoms with E-state index in [0.717, 1.165) is 0 Å². The largest absolute Gasteiger partial charge is 0.471 e. The molecule has 0 fully saturated rings. The Bertz CT molecular complexity index is 370. The van der Waals surface area contributed by atoms with Gasteiger partial charge < -0.3 is 20.4 Å². The zero-order valence-electron chi connectivity index (χ0n) is 9.12. The summed E-state index contributed by atoms with van der Waals surface area (Å²) >= 11 is 0. The molecular weight excluding hydrogens is 212 g/mol. The van der Waals surface area contributed by atoms with Crippen LogP contribution in [0.3, 0.4) is 0 Å². The van der Waals surface area contributed by atoms with E-state index < -0.39 is 0 Å². The van der Waals surface area contributed by atoms with Gasteiger partial charge in [0.1, 0.15) is 6.10 Å². The lowest BCUT2D eigenvalue weighted by molar-refractivity contribution is 0.0881. The molecule has 0 spiro atoms. The third kappa shape index (κ3) is 3.06. The number of nitrogens with zero attached hydrogens (tertiary/aromatic N) is 3. The van der Waals surface area contributed by atoms with Crippen LogP contribution in [0.25, 0.3) is 0 Å². The minimum atomic E-state index is -0.202. The Morgan fingerprint density at radius 2 is 2.44 bits per heavy atom. The van der Waals surface area contributed by atoms with Gasteiger partial charge in [0.05, 0.1) is 18.4 Å². The maximum atomic E-state index is 8.58. The molecule has 1 aromatic heterocycles. The first-order valence-electron chi connectivity index (χ1n) is 4.64. The molecule has 88 valence electrons. The molecule has 3 N–H and O–H groups in total. The number of aromatic nitrogens is 2. The Morgan fingerprint density at radius 1 is 1.69 bits per heavy atom. The summed E-state index contributed by atoms with van der Waals surface area (Å²) in [4.78, 5) is 0. The van der Waals surface area contributed by atoms with Crippen molar-refractivity contribution in [3.05, 3.63) is 17.8 Å². The lowest BCUT2D eigenvalue weighted by Crippen LogP contribution is -2.22. The van der Waals surface area contributed by atoms with Crippen LogP contribution in [0.4, 0.5) is 0 Å². The molecule has 0 aliphatic rings. The standard InChI is InChI=1S/C9H14N4O3/c1-6(5-15-2)16-9-7(8(10)13-14)3-4-11-12-9/h3-4,6,14H,5H2,1-2H3,(H2,10,13). The van der Waals surface area contributed by atoms with E-state index in [1.807, 2.05) is 6.92 Å². The Balaban J connectivity index is 2.87. The molecule has 7 heteroatoms. The normalized spacial score (nSPS) is 13.5. The van der Waals surface area contributed by atoms with Gasteiger partial charge in [0.15, 0.2) is 5.84 Å². The zero-order valence-corrected chi connectivity index (χ0v) is 9.12. The van der Waals surface area contributed by atoms with Crippen molar-refractivity contribution in [3.63, 3.8) is 0 Å². The summed E-state index contributed by atoms with van der Waals surface area (Å²) in [7, 11) is 1.57. The number of amidine groups is 1. The molecular formula is C9H14N4O3. The van der Waals surface area contributed by atoms with Crippen LogP contribution in [0.5, 0.6) is 5.88 Å². The lowest BCUT2D eigenvalue weighted by atomic mass is 10.3. The Labute approximate surface area is 92.9 Å². The minimum absolute atomic E-state index is 0.0745. The van der Waals surface area contributed by atoms with Crippen LogP contribution < -0.4 is 10.5 Å². The first-order valence-corrected chi connectivity index (χ1v) is 4.64. The first kappa shape index (κ1) is 12.2. The number of methoxy groups -OCH3 is 1. The minimum Gasteiger partial charge on any atom is -0.471 e. The second-order valence-corrected chi connectivity index (χ2v) is 3.12. The predicted molar refractivity (Wildman–Crippen MR) is 56.5 cm³/mol. The average Bonchev–Trinajstić information content (AvgIpc) is 2.29. The number of ether oxygens (including phenoxy) is 2. The maximum absolute atomic E-state index is 8.58. The van der Waals surface area contributed by atoms with Crippen LogP contribution in [0.15, 0.2) is 17.4 Å². The molecule has 0 saturated carbocycles. The summed E-state index contributed by atoms with van der Waals surface area (Å²) in [6.45, 7) is 2.22. The second-order valence-electron chi connectivity index (χ2n) is 3.12. The van der Waals surface area contributed by atoms with Crippen molar-refractivity contribution in [2.24, 2.45) is 10.9 Å². The van der Waals surface area contributed by atoms with Crippen molar-refractivity contribution >= 4 is 5.84 Å². The first-order chi connectivity index (χ1) is 7.69. The van der Waals surface area contributed by atoms with E-state index in [1.165, 1.54) is 6.20 Å². The molecule has 0 aliphatic carbocycles. The summed E-state index contributed by atoms with van der Waals surface area (Å²) in [5.41, 5.74) is 5.86. The molecule has 1 rings (SSSR count). The van der Waals surface area contributed by atoms with Crippen molar-refractivity contribution in [1.82, 2.24) is 10.2 Å². The number of rotatable bonds is 5. The van der Waals surface area contributed by atoms with Crippen LogP contribution >= 0.6 is 0 Å². The smallest absolute Gasteiger partial charge is 0.245 e. The third-order valence-corrected chi connectivity index (χ3v) is 1.78. The van der Waals surface area contributed by atoms with E-state index in [-0.39, 0.29) is 17.8 Å². The van der Waals surface area contributed by atoms with Crippen LogP contribution in [0.2, 0.25) is 0 Å². The van der Waals surface area contributed by atoms with E-state index in [0.29, 0.717) is 12.2 Å². The summed E-state index contributed by atoms with van der Waals surface area (Å²) < 4.78 is 10.4. The third-order valence-electron chi connectivity index (χ3n) is 1.78. The molecule has 7 nitrogen and oxygen atoms in total. The van der Waals surface area contributed by atoms with E-state index in [2.05, 4.69) is 15.4 Å². The van der Waals surface area contributed by atoms with E-state index in [4.69, 9.17) is 20.4 Å². The molecule has 0 aliphatic heterocycles. The molecule has 0 aromatic carbocycles. The van der Waals surface area contributed by atoms with Crippen molar-refractivity contribution in [1.29, 1.82) is 0 Å². The predicted octanol–water partition coefficient (Wildman–Crippen LogP) is -0.0152. The summed E-state index contributed by atoms with van der Waals surface area (Å²) in [5, 5.41) is 18.9. The fraction of sp³-hybridized carbons (Fsp3) is 0.444. The molecule has 1 heterocycles. The molecule has 1 unspecified atom stereocenters. The fourth-order valence-corrected chi connectivity index (χ4v) is 1.11. The van der Waals surface area contributed by atoms with Gasteiger partial charge >= 0.3 is 0 Å². The molecule has 0 radical (unpaired) electrons. The highest BCUT2D eigenvalue weighted by atomic mass is 16.5. The van der Waals surface area contributed by atoms with Gasteiger partial charge in [-0.25, -0.2) is 0 Å². The van der Waals surface area contributed by atoms with E-state index >= 15 is 0 Å². The van der Waals surface area contributed by atoms with Gasteiger partial charge in [-0.3, -0.25) is 0 Å². The van der Waals surface area contributed by atoms with E-state index in [1.54, 1.807) is 13.2 Å². The van der Waals surface area contributed by atoms with E-state index in [9.17, 15) is 0 Å². The highest BCUT2D eigenvalue weighted by Crippen LogP contribution is 2.14. The zero-order chi connectivity index (χ0) is 12.0. The topological polar surface area (TPSA) is 103 Å². The molecule has 1 aromatic rings. The molecule has 0 bridgehead atoms. The van der Waals surface area contributed by atoms with Gasteiger partial charge in [0, 0.05) is 7.11 Å². The Kier molecular flexibility index (Phi) is 4.46. The number of oxime groups is 1. The summed E-state index contributed by atoms with van der Waals surface area (Å²) in [5.74, 6) is 0.136. The highest BCUT2D eigenvalue weighted by molar-refractivity contribution is 5.98. The van der Waals surface area contributed by atoms with Crippen molar-refractivity contribution < 1.29 is 14.7 Å². The van der Waals surface area contributed by atoms with Gasteiger partial charge in [-0.15, -0.1) is 5.10 Å². The average molecular weight is 226 g/mol. The van der Waals surface area contributed by atoms with Crippen molar-refractivity contribution in [2.75, 3.05) is 13.7 Å². The van der Waals surface area contributed by atoms with Crippen molar-refractivity contribution in [2.45, 2.75) is 13.0 Å². The Morgan fingerprint density at radius 3 is 3.06 bits per heavy atom. The van der Waals surface area contributed by atoms with Crippen LogP contribution in [-0.2, 0) is 4.74 Å². The van der Waals surface area contributed by atoms with Crippen LogP contribution in [0.1, 0.15) is 12.5 Å². The van der Waals surface area contributed by atoms with Gasteiger partial charge in [0.2, 0.25) is 5.88 Å². The van der Waals surface area contributed by atoms with Gasteiger partial charge in [-0.2, -0.15) is 5.10 Å². The maximum Gasteiger partial charge on any atom is 0.245 e. The quantitative estimate of drug-likeness (QED) is 0.316. The monoisotopic (exact) mass is 226 g/mol. The number of nitrogens with two attached hydrogens (primary N) is 1. The highest BCUT2D eigenvalue weighted by Gasteiger charge is 2.13. The van der Waals surface area contributed by atoms with Crippen LogP contribution in [-0.4, -0.2) is 41.1 Å². The Hall–Kier alpha value is -1.89. The fourth-order valence-electron chi connectivity index (χ4n) is 1.11. The molecule has 1 atom stereocenters.